The SMILES string of the molecule is Cc1nc(C(=O)NCc2ccc(F)c(Cl)c2)cc(C2=NOC(C3CCN(C(=O)CO)CC3)C2)n1. The van der Waals surface area contributed by atoms with Crippen LogP contribution in [0.4, 0.5) is 4.39 Å². The molecule has 0 saturated carbocycles. The Bertz CT molecular complexity index is 1120. The Kier molecular flexibility index (Phi) is 7.38. The maximum absolute atomic E-state index is 13.3. The number of aliphatic hydroxyl groups excluding tert-OH is 1. The highest BCUT2D eigenvalue weighted by Gasteiger charge is 2.34. The van der Waals surface area contributed by atoms with E-state index in [4.69, 9.17) is 21.5 Å². The van der Waals surface area contributed by atoms with Gasteiger partial charge in [-0.2, -0.15) is 0 Å². The summed E-state index contributed by atoms with van der Waals surface area (Å²) in [5.74, 6) is -0.516. The van der Waals surface area contributed by atoms with Crippen molar-refractivity contribution in [2.45, 2.75) is 38.8 Å². The second kappa shape index (κ2) is 10.4. The van der Waals surface area contributed by atoms with E-state index in [-0.39, 0.29) is 35.2 Å². The highest BCUT2D eigenvalue weighted by Crippen LogP contribution is 2.29. The molecule has 2 aliphatic heterocycles. The molecule has 0 radical (unpaired) electrons. The Balaban J connectivity index is 1.37. The molecule has 11 heteroatoms. The molecule has 34 heavy (non-hydrogen) atoms. The molecule has 180 valence electrons. The van der Waals surface area contributed by atoms with Gasteiger partial charge in [-0.3, -0.25) is 9.59 Å². The van der Waals surface area contributed by atoms with Gasteiger partial charge >= 0.3 is 0 Å². The van der Waals surface area contributed by atoms with Crippen molar-refractivity contribution < 1.29 is 23.9 Å². The van der Waals surface area contributed by atoms with Crippen molar-refractivity contribution in [2.24, 2.45) is 11.1 Å². The van der Waals surface area contributed by atoms with Crippen LogP contribution in [-0.2, 0) is 16.2 Å². The first-order valence-electron chi connectivity index (χ1n) is 11.0. The quantitative estimate of drug-likeness (QED) is 0.642. The maximum Gasteiger partial charge on any atom is 0.270 e. The minimum atomic E-state index is -0.519. The van der Waals surface area contributed by atoms with E-state index in [9.17, 15) is 14.0 Å². The summed E-state index contributed by atoms with van der Waals surface area (Å²) in [4.78, 5) is 40.3. The number of aliphatic hydroxyl groups is 1. The van der Waals surface area contributed by atoms with Gasteiger partial charge < -0.3 is 20.2 Å². The molecular formula is C23H25ClFN5O4. The third kappa shape index (κ3) is 5.51. The van der Waals surface area contributed by atoms with Gasteiger partial charge in [0.25, 0.3) is 5.91 Å². The molecule has 1 unspecified atom stereocenters. The summed E-state index contributed by atoms with van der Waals surface area (Å²) in [6.07, 6.45) is 1.95. The summed E-state index contributed by atoms with van der Waals surface area (Å²) >= 11 is 5.80. The van der Waals surface area contributed by atoms with E-state index in [0.717, 1.165) is 12.8 Å². The Hall–Kier alpha value is -3.11. The molecule has 1 atom stereocenters. The van der Waals surface area contributed by atoms with Gasteiger partial charge in [0.05, 0.1) is 10.7 Å². The number of carbonyl (C=O) groups is 2. The average molecular weight is 490 g/mol. The van der Waals surface area contributed by atoms with Gasteiger partial charge in [0.15, 0.2) is 0 Å². The zero-order valence-electron chi connectivity index (χ0n) is 18.6. The molecule has 0 spiro atoms. The molecule has 1 aromatic heterocycles. The van der Waals surface area contributed by atoms with Crippen molar-refractivity contribution in [3.8, 4) is 0 Å². The first-order valence-corrected chi connectivity index (χ1v) is 11.4. The zero-order chi connectivity index (χ0) is 24.2. The number of aryl methyl sites for hydroxylation is 1. The fraction of sp³-hybridized carbons (Fsp3) is 0.435. The van der Waals surface area contributed by atoms with Crippen molar-refractivity contribution in [3.63, 3.8) is 0 Å². The van der Waals surface area contributed by atoms with Crippen LogP contribution in [0.1, 0.15) is 46.8 Å². The lowest BCUT2D eigenvalue weighted by molar-refractivity contribution is -0.136. The maximum atomic E-state index is 13.3. The van der Waals surface area contributed by atoms with Gasteiger partial charge in [0, 0.05) is 32.0 Å². The fourth-order valence-corrected chi connectivity index (χ4v) is 4.38. The van der Waals surface area contributed by atoms with Crippen LogP contribution in [0.3, 0.4) is 0 Å². The number of oxime groups is 1. The lowest BCUT2D eigenvalue weighted by Gasteiger charge is -2.33. The predicted molar refractivity (Wildman–Crippen MR) is 122 cm³/mol. The number of aromatic nitrogens is 2. The molecule has 3 heterocycles. The number of benzene rings is 1. The van der Waals surface area contributed by atoms with E-state index >= 15 is 0 Å². The summed E-state index contributed by atoms with van der Waals surface area (Å²) in [5, 5.41) is 16.0. The predicted octanol–water partition coefficient (Wildman–Crippen LogP) is 2.23. The molecule has 1 aromatic carbocycles. The Labute approximate surface area is 201 Å². The molecule has 2 aromatic rings. The van der Waals surface area contributed by atoms with Crippen molar-refractivity contribution in [1.29, 1.82) is 0 Å². The molecule has 2 N–H and O–H groups in total. The largest absolute Gasteiger partial charge is 0.391 e. The molecule has 1 fully saturated rings. The van der Waals surface area contributed by atoms with Crippen LogP contribution < -0.4 is 5.32 Å². The van der Waals surface area contributed by atoms with E-state index < -0.39 is 18.3 Å². The smallest absolute Gasteiger partial charge is 0.270 e. The van der Waals surface area contributed by atoms with Crippen LogP contribution in [0.15, 0.2) is 29.4 Å². The third-order valence-electron chi connectivity index (χ3n) is 6.05. The van der Waals surface area contributed by atoms with E-state index in [1.54, 1.807) is 24.0 Å². The van der Waals surface area contributed by atoms with Crippen LogP contribution in [-0.4, -0.2) is 63.3 Å². The van der Waals surface area contributed by atoms with Gasteiger partial charge in [0.1, 0.15) is 35.8 Å². The average Bonchev–Trinajstić information content (AvgIpc) is 3.34. The number of piperidine rings is 1. The minimum Gasteiger partial charge on any atom is -0.391 e. The van der Waals surface area contributed by atoms with Crippen molar-refractivity contribution in [1.82, 2.24) is 20.2 Å². The van der Waals surface area contributed by atoms with E-state index in [1.165, 1.54) is 12.1 Å². The molecule has 2 amide bonds. The number of amides is 2. The van der Waals surface area contributed by atoms with Crippen molar-refractivity contribution >= 4 is 29.1 Å². The molecule has 1 saturated heterocycles. The molecule has 0 bridgehead atoms. The molecule has 2 aliphatic rings. The number of nitrogens with one attached hydrogen (secondary N) is 1. The summed E-state index contributed by atoms with van der Waals surface area (Å²) < 4.78 is 13.3. The topological polar surface area (TPSA) is 117 Å². The van der Waals surface area contributed by atoms with Crippen LogP contribution in [0.25, 0.3) is 0 Å². The number of hydrogen-bond donors (Lipinski definition) is 2. The van der Waals surface area contributed by atoms with Gasteiger partial charge in [-0.1, -0.05) is 22.8 Å². The zero-order valence-corrected chi connectivity index (χ0v) is 19.4. The molecule has 9 nitrogen and oxygen atoms in total. The van der Waals surface area contributed by atoms with Crippen LogP contribution in [0.5, 0.6) is 0 Å². The van der Waals surface area contributed by atoms with E-state index in [2.05, 4.69) is 20.4 Å². The van der Waals surface area contributed by atoms with Crippen LogP contribution in [0, 0.1) is 18.7 Å². The first-order chi connectivity index (χ1) is 16.3. The molecule has 4 rings (SSSR count). The first kappa shape index (κ1) is 24.0. The number of halogens is 2. The summed E-state index contributed by atoms with van der Waals surface area (Å²) in [7, 11) is 0. The van der Waals surface area contributed by atoms with Crippen molar-refractivity contribution in [2.75, 3.05) is 19.7 Å². The summed E-state index contributed by atoms with van der Waals surface area (Å²) in [6, 6.07) is 5.84. The Morgan fingerprint density at radius 3 is 2.74 bits per heavy atom. The second-order valence-electron chi connectivity index (χ2n) is 8.38. The van der Waals surface area contributed by atoms with Crippen LogP contribution in [0.2, 0.25) is 5.02 Å². The van der Waals surface area contributed by atoms with Gasteiger partial charge in [0.2, 0.25) is 5.91 Å². The Morgan fingerprint density at radius 2 is 2.03 bits per heavy atom. The number of carbonyl (C=O) groups excluding carboxylic acids is 2. The molecular weight excluding hydrogens is 465 g/mol. The normalized spacial score (nSPS) is 18.4. The number of nitrogens with zero attached hydrogens (tertiary/aromatic N) is 4. The fourth-order valence-electron chi connectivity index (χ4n) is 4.18. The van der Waals surface area contributed by atoms with Gasteiger partial charge in [-0.05, 0) is 43.5 Å². The van der Waals surface area contributed by atoms with Crippen LogP contribution >= 0.6 is 11.6 Å². The highest BCUT2D eigenvalue weighted by molar-refractivity contribution is 6.30. The summed E-state index contributed by atoms with van der Waals surface area (Å²) in [5.41, 5.74) is 2.02. The summed E-state index contributed by atoms with van der Waals surface area (Å²) in [6.45, 7) is 2.55. The molecule has 0 aliphatic carbocycles. The Morgan fingerprint density at radius 1 is 1.26 bits per heavy atom. The number of hydrogen-bond acceptors (Lipinski definition) is 7. The van der Waals surface area contributed by atoms with Crippen molar-refractivity contribution in [3.05, 3.63) is 57.9 Å². The monoisotopic (exact) mass is 489 g/mol. The second-order valence-corrected chi connectivity index (χ2v) is 8.79. The van der Waals surface area contributed by atoms with E-state index in [1.807, 2.05) is 0 Å². The third-order valence-corrected chi connectivity index (χ3v) is 6.34. The minimum absolute atomic E-state index is 0.00798. The lowest BCUT2D eigenvalue weighted by atomic mass is 9.88. The van der Waals surface area contributed by atoms with Gasteiger partial charge in [-0.15, -0.1) is 0 Å². The van der Waals surface area contributed by atoms with Gasteiger partial charge in [-0.25, -0.2) is 14.4 Å². The van der Waals surface area contributed by atoms with E-state index in [0.29, 0.717) is 42.3 Å². The highest BCUT2D eigenvalue weighted by atomic mass is 35.5. The number of rotatable bonds is 6. The number of likely N-dealkylation sites (tertiary alicyclic amines) is 1. The standard InChI is InChI=1S/C23H25ClFN5O4/c1-13-27-18(9-20(28-13)23(33)26-11-14-2-3-17(25)16(24)8-14)19-10-21(34-29-19)15-4-6-30(7-5-15)22(32)12-31/h2-3,8-9,15,21,31H,4-7,10-12H2,1H3,(H,26,33). The lowest BCUT2D eigenvalue weighted by Crippen LogP contribution is -2.42.